The Hall–Kier alpha value is -2.28. The van der Waals surface area contributed by atoms with E-state index in [1.807, 2.05) is 0 Å². The fraction of sp³-hybridized carbons (Fsp3) is 0.214. The number of rotatable bonds is 4. The molecule has 0 fully saturated rings. The van der Waals surface area contributed by atoms with E-state index in [2.05, 4.69) is 10.3 Å². The molecule has 110 valence electrons. The second kappa shape index (κ2) is 6.45. The van der Waals surface area contributed by atoms with Gasteiger partial charge in [-0.2, -0.15) is 0 Å². The number of thiazole rings is 1. The van der Waals surface area contributed by atoms with Crippen LogP contribution in [0.5, 0.6) is 0 Å². The molecule has 2 amide bonds. The molecule has 1 aromatic heterocycles. The molecule has 0 radical (unpaired) electrons. The van der Waals surface area contributed by atoms with E-state index in [1.165, 1.54) is 47.5 Å². The van der Waals surface area contributed by atoms with Crippen LogP contribution in [0.3, 0.4) is 0 Å². The van der Waals surface area contributed by atoms with E-state index in [9.17, 15) is 14.0 Å². The molecule has 2 aromatic rings. The Kier molecular flexibility index (Phi) is 4.64. The molecular formula is C14H14FN3O2S. The zero-order valence-electron chi connectivity index (χ0n) is 11.6. The fourth-order valence-electron chi connectivity index (χ4n) is 1.70. The van der Waals surface area contributed by atoms with E-state index >= 15 is 0 Å². The van der Waals surface area contributed by atoms with Gasteiger partial charge in [-0.15, -0.1) is 11.3 Å². The molecule has 0 atom stereocenters. The molecule has 0 bridgehead atoms. The average Bonchev–Trinajstić information content (AvgIpc) is 2.95. The van der Waals surface area contributed by atoms with Gasteiger partial charge in [0.15, 0.2) is 0 Å². The van der Waals surface area contributed by atoms with Gasteiger partial charge >= 0.3 is 0 Å². The zero-order valence-corrected chi connectivity index (χ0v) is 12.4. The van der Waals surface area contributed by atoms with Crippen LogP contribution in [0.15, 0.2) is 29.6 Å². The lowest BCUT2D eigenvalue weighted by atomic mass is 10.2. The fourth-order valence-corrected chi connectivity index (χ4v) is 2.53. The molecule has 0 aliphatic heterocycles. The number of aromatic nitrogens is 1. The highest BCUT2D eigenvalue weighted by molar-refractivity contribution is 7.09. The van der Waals surface area contributed by atoms with Crippen LogP contribution in [0.4, 0.5) is 4.39 Å². The van der Waals surface area contributed by atoms with Crippen LogP contribution in [0.1, 0.15) is 25.9 Å². The Labute approximate surface area is 125 Å². The van der Waals surface area contributed by atoms with Gasteiger partial charge in [0, 0.05) is 25.0 Å². The number of hydrogen-bond donors (Lipinski definition) is 1. The lowest BCUT2D eigenvalue weighted by molar-refractivity contribution is 0.0785. The van der Waals surface area contributed by atoms with Gasteiger partial charge in [0.05, 0.1) is 6.54 Å². The van der Waals surface area contributed by atoms with Crippen LogP contribution in [-0.2, 0) is 6.54 Å². The van der Waals surface area contributed by atoms with E-state index < -0.39 is 0 Å². The summed E-state index contributed by atoms with van der Waals surface area (Å²) in [5.74, 6) is -0.874. The summed E-state index contributed by atoms with van der Waals surface area (Å²) in [5, 5.41) is 4.79. The smallest absolute Gasteiger partial charge is 0.270 e. The number of nitrogens with zero attached hydrogens (tertiary/aromatic N) is 2. The lowest BCUT2D eigenvalue weighted by Crippen LogP contribution is -2.26. The quantitative estimate of drug-likeness (QED) is 0.938. The summed E-state index contributed by atoms with van der Waals surface area (Å²) < 4.78 is 12.8. The molecule has 0 unspecified atom stereocenters. The second-order valence-corrected chi connectivity index (χ2v) is 5.32. The van der Waals surface area contributed by atoms with Crippen molar-refractivity contribution in [1.82, 2.24) is 15.2 Å². The molecule has 0 saturated carbocycles. The highest BCUT2D eigenvalue weighted by atomic mass is 32.1. The molecule has 21 heavy (non-hydrogen) atoms. The Bertz CT molecular complexity index is 654. The summed E-state index contributed by atoms with van der Waals surface area (Å²) in [4.78, 5) is 29.2. The van der Waals surface area contributed by atoms with Gasteiger partial charge in [0.1, 0.15) is 16.5 Å². The summed E-state index contributed by atoms with van der Waals surface area (Å²) in [6, 6.07) is 5.36. The first kappa shape index (κ1) is 15.1. The predicted molar refractivity (Wildman–Crippen MR) is 77.7 cm³/mol. The third-order valence-electron chi connectivity index (χ3n) is 2.82. The number of nitrogens with one attached hydrogen (secondary N) is 1. The van der Waals surface area contributed by atoms with Crippen molar-refractivity contribution >= 4 is 23.2 Å². The summed E-state index contributed by atoms with van der Waals surface area (Å²) in [5.41, 5.74) is 0.738. The molecule has 2 rings (SSSR count). The maximum atomic E-state index is 12.8. The Morgan fingerprint density at radius 2 is 2.00 bits per heavy atom. The molecule has 7 heteroatoms. The molecular weight excluding hydrogens is 293 g/mol. The summed E-state index contributed by atoms with van der Waals surface area (Å²) >= 11 is 1.31. The number of halogens is 1. The Morgan fingerprint density at radius 1 is 1.33 bits per heavy atom. The molecule has 1 heterocycles. The van der Waals surface area contributed by atoms with Crippen molar-refractivity contribution in [3.63, 3.8) is 0 Å². The van der Waals surface area contributed by atoms with Crippen molar-refractivity contribution < 1.29 is 14.0 Å². The Balaban J connectivity index is 2.05. The number of carbonyl (C=O) groups is 2. The van der Waals surface area contributed by atoms with Crippen LogP contribution in [0.2, 0.25) is 0 Å². The highest BCUT2D eigenvalue weighted by Gasteiger charge is 2.15. The van der Waals surface area contributed by atoms with Gasteiger partial charge < -0.3 is 10.2 Å². The minimum atomic E-state index is -0.385. The summed E-state index contributed by atoms with van der Waals surface area (Å²) in [7, 11) is 3.16. The standard InChI is InChI=1S/C14H14FN3O2S/c1-16-13(19)11-8-21-12(17-11)7-18(2)14(20)9-3-5-10(15)6-4-9/h3-6,8H,7H2,1-2H3,(H,16,19). The first-order valence-corrected chi connectivity index (χ1v) is 7.06. The number of benzene rings is 1. The molecule has 5 nitrogen and oxygen atoms in total. The molecule has 0 aliphatic rings. The van der Waals surface area contributed by atoms with Gasteiger partial charge in [0.25, 0.3) is 11.8 Å². The van der Waals surface area contributed by atoms with Crippen LogP contribution < -0.4 is 5.32 Å². The number of carbonyl (C=O) groups excluding carboxylic acids is 2. The topological polar surface area (TPSA) is 62.3 Å². The first-order valence-electron chi connectivity index (χ1n) is 6.18. The highest BCUT2D eigenvalue weighted by Crippen LogP contribution is 2.14. The van der Waals surface area contributed by atoms with Gasteiger partial charge in [-0.05, 0) is 24.3 Å². The third-order valence-corrected chi connectivity index (χ3v) is 3.66. The molecule has 1 aromatic carbocycles. The maximum absolute atomic E-state index is 12.8. The van der Waals surface area contributed by atoms with Crippen molar-refractivity contribution in [2.45, 2.75) is 6.54 Å². The van der Waals surface area contributed by atoms with Crippen molar-refractivity contribution in [2.24, 2.45) is 0 Å². The normalized spacial score (nSPS) is 10.2. The SMILES string of the molecule is CNC(=O)c1csc(CN(C)C(=O)c2ccc(F)cc2)n1. The zero-order chi connectivity index (χ0) is 15.4. The Morgan fingerprint density at radius 3 is 2.62 bits per heavy atom. The monoisotopic (exact) mass is 307 g/mol. The first-order chi connectivity index (χ1) is 10.0. The van der Waals surface area contributed by atoms with Gasteiger partial charge in [-0.25, -0.2) is 9.37 Å². The van der Waals surface area contributed by atoms with Crippen LogP contribution >= 0.6 is 11.3 Å². The van der Waals surface area contributed by atoms with Crippen molar-refractivity contribution in [1.29, 1.82) is 0 Å². The molecule has 0 aliphatic carbocycles. The molecule has 0 spiro atoms. The van der Waals surface area contributed by atoms with Gasteiger partial charge in [-0.1, -0.05) is 0 Å². The minimum Gasteiger partial charge on any atom is -0.354 e. The van der Waals surface area contributed by atoms with Crippen molar-refractivity contribution in [3.8, 4) is 0 Å². The van der Waals surface area contributed by atoms with E-state index in [0.29, 0.717) is 16.3 Å². The average molecular weight is 307 g/mol. The van der Waals surface area contributed by atoms with E-state index in [4.69, 9.17) is 0 Å². The summed E-state index contributed by atoms with van der Waals surface area (Å²) in [6.45, 7) is 0.290. The maximum Gasteiger partial charge on any atom is 0.270 e. The minimum absolute atomic E-state index is 0.230. The number of hydrogen-bond acceptors (Lipinski definition) is 4. The van der Waals surface area contributed by atoms with Crippen molar-refractivity contribution in [3.05, 3.63) is 51.7 Å². The van der Waals surface area contributed by atoms with Gasteiger partial charge in [0.2, 0.25) is 0 Å². The lowest BCUT2D eigenvalue weighted by Gasteiger charge is -2.15. The van der Waals surface area contributed by atoms with Crippen LogP contribution in [0.25, 0.3) is 0 Å². The molecule has 0 saturated heterocycles. The number of amides is 2. The third kappa shape index (κ3) is 3.63. The van der Waals surface area contributed by atoms with Gasteiger partial charge in [-0.3, -0.25) is 9.59 Å². The largest absolute Gasteiger partial charge is 0.354 e. The molecule has 1 N–H and O–H groups in total. The van der Waals surface area contributed by atoms with E-state index in [-0.39, 0.29) is 24.2 Å². The van der Waals surface area contributed by atoms with E-state index in [1.54, 1.807) is 12.4 Å². The predicted octanol–water partition coefficient (Wildman–Crippen LogP) is 1.91. The van der Waals surface area contributed by atoms with Crippen molar-refractivity contribution in [2.75, 3.05) is 14.1 Å². The van der Waals surface area contributed by atoms with E-state index in [0.717, 1.165) is 0 Å². The summed E-state index contributed by atoms with van der Waals surface area (Å²) in [6.07, 6.45) is 0. The second-order valence-electron chi connectivity index (χ2n) is 4.37. The van der Waals surface area contributed by atoms with Crippen LogP contribution in [0, 0.1) is 5.82 Å². The van der Waals surface area contributed by atoms with Crippen LogP contribution in [-0.4, -0.2) is 35.8 Å².